The maximum atomic E-state index is 11.4. The second kappa shape index (κ2) is 4.37. The minimum atomic E-state index is -0.298. The van der Waals surface area contributed by atoms with Crippen LogP contribution >= 0.6 is 0 Å². The van der Waals surface area contributed by atoms with Crippen LogP contribution in [0.5, 0.6) is 0 Å². The molecule has 1 heterocycles. The van der Waals surface area contributed by atoms with Crippen LogP contribution in [0.2, 0.25) is 0 Å². The maximum Gasteiger partial charge on any atom is 0.255 e. The molecule has 0 saturated carbocycles. The number of nitrogens with one attached hydrogen (secondary N) is 1. The van der Waals surface area contributed by atoms with E-state index < -0.39 is 0 Å². The first-order valence-corrected chi connectivity index (χ1v) is 4.79. The molecule has 2 amide bonds. The van der Waals surface area contributed by atoms with Gasteiger partial charge < -0.3 is 4.90 Å². The standard InChI is InChI=1S/C10H16N2O2/c1-4-5-8(12(2)3)7-6-9(13)11-10(7)14/h6,8H,4-5H2,1-3H3,(H,11,13,14). The number of imide groups is 1. The van der Waals surface area contributed by atoms with Gasteiger partial charge in [-0.15, -0.1) is 0 Å². The first kappa shape index (κ1) is 10.9. The van der Waals surface area contributed by atoms with Gasteiger partial charge in [-0.2, -0.15) is 0 Å². The van der Waals surface area contributed by atoms with Crippen molar-refractivity contribution >= 4 is 11.8 Å². The Balaban J connectivity index is 2.82. The van der Waals surface area contributed by atoms with E-state index in [0.717, 1.165) is 12.8 Å². The molecule has 1 aliphatic rings. The third-order valence-corrected chi connectivity index (χ3v) is 2.33. The van der Waals surface area contributed by atoms with Gasteiger partial charge in [0.25, 0.3) is 11.8 Å². The lowest BCUT2D eigenvalue weighted by molar-refractivity contribution is -0.124. The summed E-state index contributed by atoms with van der Waals surface area (Å²) in [6, 6.07) is 0.0476. The van der Waals surface area contributed by atoms with Gasteiger partial charge in [0, 0.05) is 17.7 Å². The topological polar surface area (TPSA) is 49.4 Å². The first-order chi connectivity index (χ1) is 6.56. The van der Waals surface area contributed by atoms with Crippen LogP contribution in [0.25, 0.3) is 0 Å². The molecule has 1 aliphatic heterocycles. The largest absolute Gasteiger partial charge is 0.302 e. The molecule has 1 N–H and O–H groups in total. The summed E-state index contributed by atoms with van der Waals surface area (Å²) < 4.78 is 0. The highest BCUT2D eigenvalue weighted by molar-refractivity contribution is 6.16. The fourth-order valence-electron chi connectivity index (χ4n) is 1.64. The lowest BCUT2D eigenvalue weighted by atomic mass is 10.0. The average molecular weight is 196 g/mol. The number of carbonyl (C=O) groups is 2. The van der Waals surface area contributed by atoms with Crippen LogP contribution in [0.1, 0.15) is 19.8 Å². The normalized spacial score (nSPS) is 18.4. The summed E-state index contributed by atoms with van der Waals surface area (Å²) in [7, 11) is 3.83. The van der Waals surface area contributed by atoms with Gasteiger partial charge in [-0.3, -0.25) is 14.9 Å². The lowest BCUT2D eigenvalue weighted by Gasteiger charge is -2.23. The molecule has 4 nitrogen and oxygen atoms in total. The van der Waals surface area contributed by atoms with E-state index in [-0.39, 0.29) is 17.9 Å². The number of carbonyl (C=O) groups excluding carboxylic acids is 2. The molecule has 0 saturated heterocycles. The van der Waals surface area contributed by atoms with Crippen LogP contribution in [0.4, 0.5) is 0 Å². The Labute approximate surface area is 84.0 Å². The minimum absolute atomic E-state index is 0.0476. The predicted octanol–water partition coefficient (Wildman–Crippen LogP) is 0.299. The van der Waals surface area contributed by atoms with Crippen LogP contribution < -0.4 is 5.32 Å². The number of rotatable bonds is 4. The van der Waals surface area contributed by atoms with Gasteiger partial charge in [0.2, 0.25) is 0 Å². The summed E-state index contributed by atoms with van der Waals surface area (Å²) >= 11 is 0. The van der Waals surface area contributed by atoms with Crippen molar-refractivity contribution in [2.24, 2.45) is 0 Å². The fourth-order valence-corrected chi connectivity index (χ4v) is 1.64. The van der Waals surface area contributed by atoms with Gasteiger partial charge in [0.05, 0.1) is 0 Å². The van der Waals surface area contributed by atoms with Crippen LogP contribution in [-0.4, -0.2) is 36.9 Å². The second-order valence-corrected chi connectivity index (χ2v) is 3.69. The minimum Gasteiger partial charge on any atom is -0.302 e. The molecule has 0 fully saturated rings. The number of amides is 2. The Kier molecular flexibility index (Phi) is 3.41. The average Bonchev–Trinajstić information content (AvgIpc) is 2.40. The monoisotopic (exact) mass is 196 g/mol. The van der Waals surface area contributed by atoms with Crippen molar-refractivity contribution in [1.29, 1.82) is 0 Å². The summed E-state index contributed by atoms with van der Waals surface area (Å²) in [6.45, 7) is 2.06. The Hall–Kier alpha value is -1.16. The zero-order valence-electron chi connectivity index (χ0n) is 8.83. The van der Waals surface area contributed by atoms with E-state index in [0.29, 0.717) is 5.57 Å². The molecule has 0 radical (unpaired) electrons. The molecule has 4 heteroatoms. The highest BCUT2D eigenvalue weighted by atomic mass is 16.2. The lowest BCUT2D eigenvalue weighted by Crippen LogP contribution is -2.34. The number of likely N-dealkylation sites (N-methyl/N-ethyl adjacent to an activating group) is 1. The van der Waals surface area contributed by atoms with E-state index in [9.17, 15) is 9.59 Å². The van der Waals surface area contributed by atoms with Gasteiger partial charge in [-0.25, -0.2) is 0 Å². The van der Waals surface area contributed by atoms with Crippen molar-refractivity contribution in [3.63, 3.8) is 0 Å². The van der Waals surface area contributed by atoms with Gasteiger partial charge in [-0.1, -0.05) is 13.3 Å². The fraction of sp³-hybridized carbons (Fsp3) is 0.600. The zero-order valence-corrected chi connectivity index (χ0v) is 8.83. The molecule has 0 bridgehead atoms. The van der Waals surface area contributed by atoms with Crippen molar-refractivity contribution in [2.45, 2.75) is 25.8 Å². The summed E-state index contributed by atoms with van der Waals surface area (Å²) in [5, 5.41) is 2.26. The van der Waals surface area contributed by atoms with Crippen molar-refractivity contribution < 1.29 is 9.59 Å². The predicted molar refractivity (Wildman–Crippen MR) is 53.6 cm³/mol. The SMILES string of the molecule is CCCC(C1=CC(=O)NC1=O)N(C)C. The Morgan fingerprint density at radius 1 is 1.43 bits per heavy atom. The third-order valence-electron chi connectivity index (χ3n) is 2.33. The van der Waals surface area contributed by atoms with Gasteiger partial charge >= 0.3 is 0 Å². The molecule has 0 aliphatic carbocycles. The Morgan fingerprint density at radius 3 is 2.43 bits per heavy atom. The van der Waals surface area contributed by atoms with Crippen molar-refractivity contribution in [3.05, 3.63) is 11.6 Å². The molecule has 1 rings (SSSR count). The van der Waals surface area contributed by atoms with Crippen LogP contribution in [0.3, 0.4) is 0 Å². The van der Waals surface area contributed by atoms with Crippen molar-refractivity contribution in [1.82, 2.24) is 10.2 Å². The highest BCUT2D eigenvalue weighted by Gasteiger charge is 2.28. The Bertz CT molecular complexity index is 282. The van der Waals surface area contributed by atoms with Gasteiger partial charge in [0.1, 0.15) is 0 Å². The molecule has 0 spiro atoms. The summed E-state index contributed by atoms with van der Waals surface area (Å²) in [6.07, 6.45) is 3.28. The van der Waals surface area contributed by atoms with Crippen molar-refractivity contribution in [3.8, 4) is 0 Å². The van der Waals surface area contributed by atoms with E-state index in [4.69, 9.17) is 0 Å². The smallest absolute Gasteiger partial charge is 0.255 e. The highest BCUT2D eigenvalue weighted by Crippen LogP contribution is 2.16. The van der Waals surface area contributed by atoms with E-state index in [1.54, 1.807) is 0 Å². The number of hydrogen-bond donors (Lipinski definition) is 1. The van der Waals surface area contributed by atoms with Gasteiger partial charge in [-0.05, 0) is 20.5 Å². The third kappa shape index (κ3) is 2.20. The second-order valence-electron chi connectivity index (χ2n) is 3.69. The molecule has 0 aromatic carbocycles. The van der Waals surface area contributed by atoms with E-state index >= 15 is 0 Å². The number of hydrogen-bond acceptors (Lipinski definition) is 3. The van der Waals surface area contributed by atoms with E-state index in [1.165, 1.54) is 6.08 Å². The van der Waals surface area contributed by atoms with Crippen LogP contribution in [-0.2, 0) is 9.59 Å². The van der Waals surface area contributed by atoms with E-state index in [1.807, 2.05) is 19.0 Å². The van der Waals surface area contributed by atoms with E-state index in [2.05, 4.69) is 12.2 Å². The molecule has 1 unspecified atom stereocenters. The van der Waals surface area contributed by atoms with Crippen LogP contribution in [0, 0.1) is 0 Å². The summed E-state index contributed by atoms with van der Waals surface area (Å²) in [4.78, 5) is 24.3. The van der Waals surface area contributed by atoms with Crippen molar-refractivity contribution in [2.75, 3.05) is 14.1 Å². The molecule has 1 atom stereocenters. The first-order valence-electron chi connectivity index (χ1n) is 4.79. The molecular weight excluding hydrogens is 180 g/mol. The molecular formula is C10H16N2O2. The van der Waals surface area contributed by atoms with Gasteiger partial charge in [0.15, 0.2) is 0 Å². The maximum absolute atomic E-state index is 11.4. The summed E-state index contributed by atoms with van der Waals surface area (Å²) in [5.41, 5.74) is 0.585. The van der Waals surface area contributed by atoms with Crippen LogP contribution in [0.15, 0.2) is 11.6 Å². The summed E-state index contributed by atoms with van der Waals surface area (Å²) in [5.74, 6) is -0.546. The zero-order chi connectivity index (χ0) is 10.7. The molecule has 0 aromatic heterocycles. The molecule has 78 valence electrons. The molecule has 14 heavy (non-hydrogen) atoms. The molecule has 0 aromatic rings. The number of nitrogens with zero attached hydrogens (tertiary/aromatic N) is 1. The quantitative estimate of drug-likeness (QED) is 0.658. The Morgan fingerprint density at radius 2 is 2.07 bits per heavy atom.